The standard InChI is InChI=1S/C24H28N6O3S/c31-22(19-5-4-10-30(19)24-26-25-23(34-24)29-8-2-1-3-9-29)28-13-11-27(12-14-28)16-18-6-7-20-21(15-18)33-17-32-20/h4-7,10,15H,1-3,8-9,11-14,16-17H2. The Morgan fingerprint density at radius 1 is 0.912 bits per heavy atom. The van der Waals surface area contributed by atoms with E-state index in [2.05, 4.69) is 26.1 Å². The first kappa shape index (κ1) is 21.4. The van der Waals surface area contributed by atoms with Crippen molar-refractivity contribution in [2.45, 2.75) is 25.8 Å². The molecule has 0 unspecified atom stereocenters. The zero-order valence-electron chi connectivity index (χ0n) is 19.1. The van der Waals surface area contributed by atoms with E-state index in [-0.39, 0.29) is 12.7 Å². The highest BCUT2D eigenvalue weighted by Crippen LogP contribution is 2.33. The van der Waals surface area contributed by atoms with E-state index >= 15 is 0 Å². The van der Waals surface area contributed by atoms with E-state index in [0.717, 1.165) is 54.5 Å². The lowest BCUT2D eigenvalue weighted by Crippen LogP contribution is -2.48. The van der Waals surface area contributed by atoms with Gasteiger partial charge < -0.3 is 19.3 Å². The summed E-state index contributed by atoms with van der Waals surface area (Å²) in [4.78, 5) is 20.0. The van der Waals surface area contributed by atoms with Crippen LogP contribution in [0.4, 0.5) is 5.13 Å². The second kappa shape index (κ2) is 9.27. The smallest absolute Gasteiger partial charge is 0.270 e. The van der Waals surface area contributed by atoms with Gasteiger partial charge in [0.1, 0.15) is 5.69 Å². The lowest BCUT2D eigenvalue weighted by Gasteiger charge is -2.34. The summed E-state index contributed by atoms with van der Waals surface area (Å²) < 4.78 is 12.8. The van der Waals surface area contributed by atoms with Crippen LogP contribution >= 0.6 is 11.3 Å². The minimum atomic E-state index is 0.0439. The molecule has 178 valence electrons. The van der Waals surface area contributed by atoms with Crippen LogP contribution in [0.5, 0.6) is 11.5 Å². The second-order valence-electron chi connectivity index (χ2n) is 8.93. The van der Waals surface area contributed by atoms with Crippen molar-refractivity contribution in [1.82, 2.24) is 24.6 Å². The number of hydrogen-bond acceptors (Lipinski definition) is 8. The molecule has 5 heterocycles. The summed E-state index contributed by atoms with van der Waals surface area (Å²) in [6.07, 6.45) is 5.58. The third kappa shape index (κ3) is 4.23. The summed E-state index contributed by atoms with van der Waals surface area (Å²) in [7, 11) is 0. The molecular weight excluding hydrogens is 452 g/mol. The highest BCUT2D eigenvalue weighted by Gasteiger charge is 2.26. The number of aromatic nitrogens is 3. The number of ether oxygens (including phenoxy) is 2. The Balaban J connectivity index is 1.09. The molecule has 34 heavy (non-hydrogen) atoms. The maximum atomic E-state index is 13.4. The third-order valence-corrected chi connectivity index (χ3v) is 7.69. The molecule has 0 N–H and O–H groups in total. The summed E-state index contributed by atoms with van der Waals surface area (Å²) in [5.74, 6) is 1.66. The third-order valence-electron chi connectivity index (χ3n) is 6.71. The highest BCUT2D eigenvalue weighted by molar-refractivity contribution is 7.17. The summed E-state index contributed by atoms with van der Waals surface area (Å²) in [6.45, 7) is 6.24. The van der Waals surface area contributed by atoms with E-state index in [4.69, 9.17) is 9.47 Å². The van der Waals surface area contributed by atoms with Gasteiger partial charge in [-0.3, -0.25) is 14.3 Å². The van der Waals surface area contributed by atoms with Gasteiger partial charge in [0.2, 0.25) is 17.1 Å². The number of piperidine rings is 1. The van der Waals surface area contributed by atoms with Crippen LogP contribution in [0.3, 0.4) is 0 Å². The van der Waals surface area contributed by atoms with Crippen LogP contribution in [0, 0.1) is 0 Å². The molecule has 0 atom stereocenters. The predicted octanol–water partition coefficient (Wildman–Crippen LogP) is 3.01. The lowest BCUT2D eigenvalue weighted by atomic mass is 10.1. The summed E-state index contributed by atoms with van der Waals surface area (Å²) >= 11 is 1.55. The highest BCUT2D eigenvalue weighted by atomic mass is 32.1. The molecule has 3 aliphatic heterocycles. The van der Waals surface area contributed by atoms with Crippen molar-refractivity contribution in [2.24, 2.45) is 0 Å². The molecule has 6 rings (SSSR count). The van der Waals surface area contributed by atoms with E-state index in [1.165, 1.54) is 24.8 Å². The first-order valence-electron chi connectivity index (χ1n) is 11.9. The van der Waals surface area contributed by atoms with E-state index in [1.807, 2.05) is 39.9 Å². The van der Waals surface area contributed by atoms with E-state index in [9.17, 15) is 4.79 Å². The van der Waals surface area contributed by atoms with Gasteiger partial charge in [-0.2, -0.15) is 0 Å². The molecule has 2 fully saturated rings. The molecular formula is C24H28N6O3S. The van der Waals surface area contributed by atoms with Crippen LogP contribution in [0.1, 0.15) is 35.3 Å². The average Bonchev–Trinajstić information content (AvgIpc) is 3.65. The number of piperazine rings is 1. The van der Waals surface area contributed by atoms with Crippen molar-refractivity contribution in [1.29, 1.82) is 0 Å². The minimum Gasteiger partial charge on any atom is -0.454 e. The van der Waals surface area contributed by atoms with Gasteiger partial charge in [-0.05, 0) is 49.1 Å². The number of carbonyl (C=O) groups excluding carboxylic acids is 1. The van der Waals surface area contributed by atoms with Crippen LogP contribution in [0.2, 0.25) is 0 Å². The zero-order chi connectivity index (χ0) is 22.9. The number of fused-ring (bicyclic) bond motifs is 1. The Labute approximate surface area is 202 Å². The quantitative estimate of drug-likeness (QED) is 0.556. The first-order valence-corrected chi connectivity index (χ1v) is 12.7. The van der Waals surface area contributed by atoms with Gasteiger partial charge in [-0.25, -0.2) is 0 Å². The van der Waals surface area contributed by atoms with Gasteiger partial charge in [-0.15, -0.1) is 10.2 Å². The SMILES string of the molecule is O=C(c1cccn1-c1nnc(N2CCCCC2)s1)N1CCN(Cc2ccc3c(c2)OCO3)CC1. The molecule has 0 saturated carbocycles. The number of anilines is 1. The first-order chi connectivity index (χ1) is 16.7. The number of hydrogen-bond donors (Lipinski definition) is 0. The summed E-state index contributed by atoms with van der Waals surface area (Å²) in [5, 5.41) is 10.5. The number of rotatable bonds is 5. The molecule has 9 nitrogen and oxygen atoms in total. The van der Waals surface area contributed by atoms with Crippen molar-refractivity contribution in [3.8, 4) is 16.6 Å². The fourth-order valence-electron chi connectivity index (χ4n) is 4.81. The second-order valence-corrected chi connectivity index (χ2v) is 9.87. The Bertz CT molecular complexity index is 1160. The molecule has 10 heteroatoms. The van der Waals surface area contributed by atoms with Crippen molar-refractivity contribution in [2.75, 3.05) is 51.0 Å². The van der Waals surface area contributed by atoms with Gasteiger partial charge in [0.15, 0.2) is 11.5 Å². The van der Waals surface area contributed by atoms with Crippen LogP contribution in [-0.2, 0) is 6.54 Å². The fraction of sp³-hybridized carbons (Fsp3) is 0.458. The topological polar surface area (TPSA) is 76.0 Å². The zero-order valence-corrected chi connectivity index (χ0v) is 19.9. The van der Waals surface area contributed by atoms with Crippen molar-refractivity contribution in [3.05, 3.63) is 47.8 Å². The molecule has 3 aromatic rings. The maximum absolute atomic E-state index is 13.4. The van der Waals surface area contributed by atoms with Crippen molar-refractivity contribution in [3.63, 3.8) is 0 Å². The fourth-order valence-corrected chi connectivity index (χ4v) is 5.70. The predicted molar refractivity (Wildman–Crippen MR) is 129 cm³/mol. The van der Waals surface area contributed by atoms with Gasteiger partial charge in [0.25, 0.3) is 5.91 Å². The monoisotopic (exact) mass is 480 g/mol. The van der Waals surface area contributed by atoms with Crippen LogP contribution < -0.4 is 14.4 Å². The Morgan fingerprint density at radius 2 is 1.71 bits per heavy atom. The van der Waals surface area contributed by atoms with E-state index < -0.39 is 0 Å². The Morgan fingerprint density at radius 3 is 2.56 bits per heavy atom. The molecule has 0 spiro atoms. The van der Waals surface area contributed by atoms with Gasteiger partial charge >= 0.3 is 0 Å². The summed E-state index contributed by atoms with van der Waals surface area (Å²) in [6, 6.07) is 9.88. The summed E-state index contributed by atoms with van der Waals surface area (Å²) in [5.41, 5.74) is 1.84. The molecule has 0 bridgehead atoms. The van der Waals surface area contributed by atoms with Crippen LogP contribution in [-0.4, -0.2) is 76.5 Å². The van der Waals surface area contributed by atoms with Gasteiger partial charge in [-0.1, -0.05) is 17.4 Å². The number of benzene rings is 1. The molecule has 2 saturated heterocycles. The largest absolute Gasteiger partial charge is 0.454 e. The number of carbonyl (C=O) groups is 1. The average molecular weight is 481 g/mol. The number of amides is 1. The molecule has 0 radical (unpaired) electrons. The minimum absolute atomic E-state index is 0.0439. The van der Waals surface area contributed by atoms with Gasteiger partial charge in [0.05, 0.1) is 0 Å². The number of nitrogens with zero attached hydrogens (tertiary/aromatic N) is 6. The molecule has 2 aromatic heterocycles. The van der Waals surface area contributed by atoms with Crippen molar-refractivity contribution >= 4 is 22.4 Å². The lowest BCUT2D eigenvalue weighted by molar-refractivity contribution is 0.0620. The normalized spacial score (nSPS) is 18.5. The van der Waals surface area contributed by atoms with E-state index in [0.29, 0.717) is 18.8 Å². The van der Waals surface area contributed by atoms with Gasteiger partial charge in [0, 0.05) is 52.0 Å². The molecule has 3 aliphatic rings. The molecule has 0 aliphatic carbocycles. The van der Waals surface area contributed by atoms with Crippen LogP contribution in [0.15, 0.2) is 36.5 Å². The van der Waals surface area contributed by atoms with Crippen molar-refractivity contribution < 1.29 is 14.3 Å². The molecule has 1 amide bonds. The van der Waals surface area contributed by atoms with E-state index in [1.54, 1.807) is 11.3 Å². The maximum Gasteiger partial charge on any atom is 0.270 e. The Hall–Kier alpha value is -3.11. The Kier molecular flexibility index (Phi) is 5.84. The van der Waals surface area contributed by atoms with Crippen LogP contribution in [0.25, 0.3) is 5.13 Å². The molecule has 1 aromatic carbocycles.